The van der Waals surface area contributed by atoms with Crippen LogP contribution in [-0.4, -0.2) is 60.3 Å². The maximum atomic E-state index is 12.4. The Bertz CT molecular complexity index is 932. The molecule has 2 N–H and O–H groups in total. The van der Waals surface area contributed by atoms with Gasteiger partial charge in [-0.15, -0.1) is 0 Å². The lowest BCUT2D eigenvalue weighted by Crippen LogP contribution is -2.46. The summed E-state index contributed by atoms with van der Waals surface area (Å²) in [7, 11) is 1.68. The molecule has 8 heteroatoms. The number of anilines is 2. The van der Waals surface area contributed by atoms with E-state index in [0.717, 1.165) is 44.9 Å². The van der Waals surface area contributed by atoms with Gasteiger partial charge >= 0.3 is 0 Å². The molecule has 3 rings (SSSR count). The van der Waals surface area contributed by atoms with Crippen LogP contribution < -0.4 is 20.9 Å². The zero-order valence-electron chi connectivity index (χ0n) is 17.4. The SMILES string of the molecule is COc1cccc(N2CCN(CCCn3nc(C)c(C(C)=O)c(N)c3=O)CC2)c1. The summed E-state index contributed by atoms with van der Waals surface area (Å²) in [5.41, 5.74) is 7.40. The quantitative estimate of drug-likeness (QED) is 0.706. The minimum Gasteiger partial charge on any atom is -0.497 e. The van der Waals surface area contributed by atoms with Crippen molar-refractivity contribution in [2.75, 3.05) is 50.5 Å². The highest BCUT2D eigenvalue weighted by atomic mass is 16.5. The topological polar surface area (TPSA) is 93.7 Å². The largest absolute Gasteiger partial charge is 0.497 e. The fraction of sp³-hybridized carbons (Fsp3) is 0.476. The second-order valence-electron chi connectivity index (χ2n) is 7.34. The molecule has 0 amide bonds. The Hall–Kier alpha value is -2.87. The number of piperazine rings is 1. The normalized spacial score (nSPS) is 14.8. The number of carbonyl (C=O) groups is 1. The minimum absolute atomic E-state index is 0.00287. The third-order valence-corrected chi connectivity index (χ3v) is 5.35. The van der Waals surface area contributed by atoms with Crippen molar-refractivity contribution in [1.82, 2.24) is 14.7 Å². The van der Waals surface area contributed by atoms with Crippen LogP contribution in [0.2, 0.25) is 0 Å². The van der Waals surface area contributed by atoms with Gasteiger partial charge in [0.25, 0.3) is 5.56 Å². The van der Waals surface area contributed by atoms with Crippen LogP contribution in [0.15, 0.2) is 29.1 Å². The third-order valence-electron chi connectivity index (χ3n) is 5.35. The number of nitrogen functional groups attached to an aromatic ring is 1. The molecule has 156 valence electrons. The Balaban J connectivity index is 1.52. The van der Waals surface area contributed by atoms with Gasteiger partial charge in [-0.05, 0) is 32.4 Å². The van der Waals surface area contributed by atoms with E-state index in [9.17, 15) is 9.59 Å². The average Bonchev–Trinajstić information content (AvgIpc) is 2.72. The summed E-state index contributed by atoms with van der Waals surface area (Å²) in [4.78, 5) is 28.8. The van der Waals surface area contributed by atoms with E-state index in [-0.39, 0.29) is 22.6 Å². The molecule has 2 aromatic rings. The highest BCUT2D eigenvalue weighted by Gasteiger charge is 2.18. The number of Topliss-reactive ketones (excluding diaryl/α,β-unsaturated/α-hetero) is 1. The van der Waals surface area contributed by atoms with E-state index in [0.29, 0.717) is 12.2 Å². The second-order valence-corrected chi connectivity index (χ2v) is 7.34. The van der Waals surface area contributed by atoms with Crippen LogP contribution in [0.5, 0.6) is 5.75 Å². The molecule has 8 nitrogen and oxygen atoms in total. The number of ether oxygens (including phenoxy) is 1. The van der Waals surface area contributed by atoms with Gasteiger partial charge < -0.3 is 15.4 Å². The summed E-state index contributed by atoms with van der Waals surface area (Å²) in [5, 5.41) is 4.27. The summed E-state index contributed by atoms with van der Waals surface area (Å²) >= 11 is 0. The number of nitrogens with two attached hydrogens (primary N) is 1. The fourth-order valence-corrected chi connectivity index (χ4v) is 3.79. The van der Waals surface area contributed by atoms with Crippen LogP contribution in [0.25, 0.3) is 0 Å². The lowest BCUT2D eigenvalue weighted by Gasteiger charge is -2.36. The highest BCUT2D eigenvalue weighted by Crippen LogP contribution is 2.22. The standard InChI is InChI=1S/C21H29N5O3/c1-15-19(16(2)27)20(22)21(28)26(23-15)9-5-8-24-10-12-25(13-11-24)17-6-4-7-18(14-17)29-3/h4,6-7,14H,5,8-13,22H2,1-3H3. The molecule has 1 fully saturated rings. The molecule has 29 heavy (non-hydrogen) atoms. The van der Waals surface area contributed by atoms with Crippen LogP contribution in [0.1, 0.15) is 29.4 Å². The van der Waals surface area contributed by atoms with E-state index in [1.54, 1.807) is 14.0 Å². The van der Waals surface area contributed by atoms with Crippen molar-refractivity contribution in [1.29, 1.82) is 0 Å². The number of aromatic nitrogens is 2. The first-order valence-electron chi connectivity index (χ1n) is 9.90. The Morgan fingerprint density at radius 2 is 1.93 bits per heavy atom. The van der Waals surface area contributed by atoms with Gasteiger partial charge in [-0.1, -0.05) is 6.07 Å². The maximum absolute atomic E-state index is 12.4. The molecule has 0 atom stereocenters. The van der Waals surface area contributed by atoms with E-state index < -0.39 is 0 Å². The Kier molecular flexibility index (Phi) is 6.53. The number of benzene rings is 1. The zero-order valence-corrected chi connectivity index (χ0v) is 17.4. The number of aryl methyl sites for hydroxylation is 2. The number of nitrogens with zero attached hydrogens (tertiary/aromatic N) is 4. The Morgan fingerprint density at radius 1 is 1.21 bits per heavy atom. The smallest absolute Gasteiger partial charge is 0.290 e. The maximum Gasteiger partial charge on any atom is 0.290 e. The molecule has 1 aromatic carbocycles. The lowest BCUT2D eigenvalue weighted by molar-refractivity contribution is 0.101. The fourth-order valence-electron chi connectivity index (χ4n) is 3.79. The Morgan fingerprint density at radius 3 is 2.59 bits per heavy atom. The molecule has 1 aliphatic heterocycles. The van der Waals surface area contributed by atoms with E-state index in [1.807, 2.05) is 12.1 Å². The highest BCUT2D eigenvalue weighted by molar-refractivity contribution is 5.99. The van der Waals surface area contributed by atoms with Crippen molar-refractivity contribution in [2.45, 2.75) is 26.8 Å². The predicted octanol–water partition coefficient (Wildman–Crippen LogP) is 1.56. The van der Waals surface area contributed by atoms with Gasteiger partial charge in [-0.3, -0.25) is 14.5 Å². The molecule has 0 unspecified atom stereocenters. The monoisotopic (exact) mass is 399 g/mol. The molecule has 0 radical (unpaired) electrons. The lowest BCUT2D eigenvalue weighted by atomic mass is 10.1. The van der Waals surface area contributed by atoms with Gasteiger partial charge in [0.1, 0.15) is 11.4 Å². The van der Waals surface area contributed by atoms with Crippen LogP contribution in [0.4, 0.5) is 11.4 Å². The van der Waals surface area contributed by atoms with Crippen molar-refractivity contribution in [3.8, 4) is 5.75 Å². The van der Waals surface area contributed by atoms with Gasteiger partial charge in [0.2, 0.25) is 0 Å². The molecule has 0 aliphatic carbocycles. The summed E-state index contributed by atoms with van der Waals surface area (Å²) in [6.07, 6.45) is 0.796. The first-order chi connectivity index (χ1) is 13.9. The van der Waals surface area contributed by atoms with Crippen LogP contribution >= 0.6 is 0 Å². The van der Waals surface area contributed by atoms with E-state index in [4.69, 9.17) is 10.5 Å². The molecule has 0 spiro atoms. The van der Waals surface area contributed by atoms with Crippen LogP contribution in [-0.2, 0) is 6.54 Å². The number of rotatable bonds is 7. The van der Waals surface area contributed by atoms with E-state index in [2.05, 4.69) is 27.0 Å². The first-order valence-corrected chi connectivity index (χ1v) is 9.90. The third kappa shape index (κ3) is 4.76. The molecule has 0 saturated carbocycles. The molecular weight excluding hydrogens is 370 g/mol. The summed E-state index contributed by atoms with van der Waals surface area (Å²) in [5.74, 6) is 0.638. The molecule has 1 aliphatic rings. The molecular formula is C21H29N5O3. The Labute approximate surface area is 170 Å². The minimum atomic E-state index is -0.386. The molecule has 1 aromatic heterocycles. The predicted molar refractivity (Wildman–Crippen MR) is 114 cm³/mol. The summed E-state index contributed by atoms with van der Waals surface area (Å²) < 4.78 is 6.69. The number of hydrogen-bond acceptors (Lipinski definition) is 7. The summed E-state index contributed by atoms with van der Waals surface area (Å²) in [6, 6.07) is 8.13. The van der Waals surface area contributed by atoms with Gasteiger partial charge in [-0.2, -0.15) is 5.10 Å². The van der Waals surface area contributed by atoms with Crippen molar-refractivity contribution >= 4 is 17.2 Å². The number of methoxy groups -OCH3 is 1. The van der Waals surface area contributed by atoms with Gasteiger partial charge in [0.05, 0.1) is 18.4 Å². The molecule has 0 bridgehead atoms. The van der Waals surface area contributed by atoms with Crippen molar-refractivity contribution in [3.05, 3.63) is 45.9 Å². The molecule has 1 saturated heterocycles. The van der Waals surface area contributed by atoms with Crippen LogP contribution in [0.3, 0.4) is 0 Å². The van der Waals surface area contributed by atoms with Gasteiger partial charge in [-0.25, -0.2) is 4.68 Å². The average molecular weight is 399 g/mol. The van der Waals surface area contributed by atoms with Crippen molar-refractivity contribution < 1.29 is 9.53 Å². The van der Waals surface area contributed by atoms with E-state index >= 15 is 0 Å². The van der Waals surface area contributed by atoms with Crippen molar-refractivity contribution in [2.24, 2.45) is 0 Å². The number of carbonyl (C=O) groups excluding carboxylic acids is 1. The van der Waals surface area contributed by atoms with Gasteiger partial charge in [0, 0.05) is 51.0 Å². The van der Waals surface area contributed by atoms with Crippen LogP contribution in [0, 0.1) is 6.92 Å². The number of ketones is 1. The summed E-state index contributed by atoms with van der Waals surface area (Å²) in [6.45, 7) is 8.30. The zero-order chi connectivity index (χ0) is 21.0. The second kappa shape index (κ2) is 9.09. The first kappa shape index (κ1) is 20.9. The van der Waals surface area contributed by atoms with Crippen molar-refractivity contribution in [3.63, 3.8) is 0 Å². The van der Waals surface area contributed by atoms with E-state index in [1.165, 1.54) is 17.3 Å². The molecule has 2 heterocycles. The number of hydrogen-bond donors (Lipinski definition) is 1. The van der Waals surface area contributed by atoms with Gasteiger partial charge in [0.15, 0.2) is 5.78 Å².